The van der Waals surface area contributed by atoms with E-state index >= 15 is 0 Å². The Labute approximate surface area is 165 Å². The van der Waals surface area contributed by atoms with Crippen LogP contribution in [0.15, 0.2) is 39.9 Å². The summed E-state index contributed by atoms with van der Waals surface area (Å²) in [7, 11) is 0. The Kier molecular flexibility index (Phi) is 7.24. The smallest absolute Gasteiger partial charge is 0.226 e. The third-order valence-electron chi connectivity index (χ3n) is 4.04. The lowest BCUT2D eigenvalue weighted by Crippen LogP contribution is -2.40. The molecule has 2 heterocycles. The molecule has 1 aliphatic heterocycles. The minimum Gasteiger partial charge on any atom is -0.444 e. The van der Waals surface area contributed by atoms with Gasteiger partial charge in [0.25, 0.3) is 0 Å². The number of hydrogen-bond acceptors (Lipinski definition) is 4. The minimum atomic E-state index is -0.269. The lowest BCUT2D eigenvalue weighted by Gasteiger charge is -2.20. The number of nitrogens with zero attached hydrogens (tertiary/aromatic N) is 3. The van der Waals surface area contributed by atoms with Crippen LogP contribution in [0.1, 0.15) is 24.6 Å². The summed E-state index contributed by atoms with van der Waals surface area (Å²) in [5.41, 5.74) is 2.96. The number of aliphatic hydroxyl groups excluding tert-OH is 1. The van der Waals surface area contributed by atoms with Crippen molar-refractivity contribution < 1.29 is 9.52 Å². The number of aliphatic imine (C=N–C) groups is 1. The number of guanidine groups is 1. The van der Waals surface area contributed by atoms with E-state index in [0.717, 1.165) is 36.7 Å². The fraction of sp³-hybridized carbons (Fsp3) is 0.444. The highest BCUT2D eigenvalue weighted by molar-refractivity contribution is 14.0. The molecule has 2 N–H and O–H groups in total. The van der Waals surface area contributed by atoms with E-state index in [1.54, 1.807) is 6.26 Å². The van der Waals surface area contributed by atoms with Gasteiger partial charge >= 0.3 is 0 Å². The molecule has 1 saturated heterocycles. The molecule has 1 fully saturated rings. The number of nitrogens with one attached hydrogen (secondary N) is 1. The number of halogens is 1. The molecule has 7 heteroatoms. The van der Waals surface area contributed by atoms with Crippen molar-refractivity contribution in [1.29, 1.82) is 0 Å². The second kappa shape index (κ2) is 9.19. The van der Waals surface area contributed by atoms with Crippen LogP contribution in [0.4, 0.5) is 0 Å². The zero-order valence-electron chi connectivity index (χ0n) is 14.6. The van der Waals surface area contributed by atoms with Crippen LogP contribution < -0.4 is 5.32 Å². The standard InChI is InChI=1S/C18H24N4O2.HI/c1-3-19-18(22-9-8-16(23)11-22)20-10-15-12-24-17(21-15)14-6-4-13(2)5-7-14;/h4-7,12,16,23H,3,8-11H2,1-2H3,(H,19,20);1H/t16-;/m1./s1. The van der Waals surface area contributed by atoms with E-state index in [-0.39, 0.29) is 30.1 Å². The van der Waals surface area contributed by atoms with Gasteiger partial charge in [0.2, 0.25) is 5.89 Å². The number of hydrogen-bond donors (Lipinski definition) is 2. The molecule has 0 unspecified atom stereocenters. The summed E-state index contributed by atoms with van der Waals surface area (Å²) in [5.74, 6) is 1.43. The molecule has 0 spiro atoms. The number of aliphatic hydroxyl groups is 1. The van der Waals surface area contributed by atoms with Crippen LogP contribution >= 0.6 is 24.0 Å². The number of benzene rings is 1. The molecular weight excluding hydrogens is 431 g/mol. The Bertz CT molecular complexity index is 699. The molecule has 0 bridgehead atoms. The van der Waals surface area contributed by atoms with E-state index in [2.05, 4.69) is 27.1 Å². The van der Waals surface area contributed by atoms with Crippen molar-refractivity contribution >= 4 is 29.9 Å². The fourth-order valence-corrected chi connectivity index (χ4v) is 2.72. The largest absolute Gasteiger partial charge is 0.444 e. The molecule has 0 radical (unpaired) electrons. The SMILES string of the molecule is CCNC(=NCc1coc(-c2ccc(C)cc2)n1)N1CC[C@@H](O)C1.I. The first-order valence-corrected chi connectivity index (χ1v) is 8.38. The number of likely N-dealkylation sites (tertiary alicyclic amines) is 1. The summed E-state index contributed by atoms with van der Waals surface area (Å²) in [5, 5.41) is 13.0. The van der Waals surface area contributed by atoms with Gasteiger partial charge in [-0.05, 0) is 32.4 Å². The van der Waals surface area contributed by atoms with Crippen molar-refractivity contribution in [3.63, 3.8) is 0 Å². The van der Waals surface area contributed by atoms with E-state index < -0.39 is 0 Å². The van der Waals surface area contributed by atoms with Crippen LogP contribution in [0.2, 0.25) is 0 Å². The van der Waals surface area contributed by atoms with Crippen LogP contribution in [0.25, 0.3) is 11.5 Å². The Morgan fingerprint density at radius 2 is 2.16 bits per heavy atom. The zero-order valence-corrected chi connectivity index (χ0v) is 16.9. The molecule has 136 valence electrons. The molecule has 1 aromatic carbocycles. The van der Waals surface area contributed by atoms with Crippen LogP contribution in [0.5, 0.6) is 0 Å². The van der Waals surface area contributed by atoms with Crippen LogP contribution in [-0.2, 0) is 6.54 Å². The molecule has 0 aliphatic carbocycles. The molecule has 1 aromatic heterocycles. The third kappa shape index (κ3) is 5.18. The van der Waals surface area contributed by atoms with E-state index in [1.807, 2.05) is 31.2 Å². The third-order valence-corrected chi connectivity index (χ3v) is 4.04. The second-order valence-electron chi connectivity index (χ2n) is 6.07. The quantitative estimate of drug-likeness (QED) is 0.421. The van der Waals surface area contributed by atoms with E-state index in [4.69, 9.17) is 4.42 Å². The Hall–Kier alpha value is -1.61. The van der Waals surface area contributed by atoms with Crippen molar-refractivity contribution in [3.05, 3.63) is 41.8 Å². The highest BCUT2D eigenvalue weighted by Crippen LogP contribution is 2.19. The zero-order chi connectivity index (χ0) is 16.9. The first-order valence-electron chi connectivity index (χ1n) is 8.38. The fourth-order valence-electron chi connectivity index (χ4n) is 2.72. The van der Waals surface area contributed by atoms with Crippen molar-refractivity contribution in [1.82, 2.24) is 15.2 Å². The van der Waals surface area contributed by atoms with Gasteiger partial charge in [0.15, 0.2) is 5.96 Å². The van der Waals surface area contributed by atoms with E-state index in [9.17, 15) is 5.11 Å². The molecule has 2 aromatic rings. The van der Waals surface area contributed by atoms with Gasteiger partial charge in [-0.3, -0.25) is 0 Å². The second-order valence-corrected chi connectivity index (χ2v) is 6.07. The van der Waals surface area contributed by atoms with Crippen LogP contribution in [0.3, 0.4) is 0 Å². The maximum absolute atomic E-state index is 9.70. The maximum atomic E-state index is 9.70. The summed E-state index contributed by atoms with van der Waals surface area (Å²) in [6, 6.07) is 8.09. The summed E-state index contributed by atoms with van der Waals surface area (Å²) in [4.78, 5) is 11.2. The van der Waals surface area contributed by atoms with Gasteiger partial charge in [0, 0.05) is 25.2 Å². The highest BCUT2D eigenvalue weighted by atomic mass is 127. The molecule has 1 atom stereocenters. The van der Waals surface area contributed by atoms with Gasteiger partial charge in [0.1, 0.15) is 12.0 Å². The van der Waals surface area contributed by atoms with E-state index in [1.165, 1.54) is 5.56 Å². The number of aryl methyl sites for hydroxylation is 1. The summed E-state index contributed by atoms with van der Waals surface area (Å²) in [6.45, 7) is 6.77. The molecule has 3 rings (SSSR count). The monoisotopic (exact) mass is 456 g/mol. The lowest BCUT2D eigenvalue weighted by molar-refractivity contribution is 0.188. The minimum absolute atomic E-state index is 0. The van der Waals surface area contributed by atoms with Gasteiger partial charge in [-0.1, -0.05) is 17.7 Å². The van der Waals surface area contributed by atoms with Crippen molar-refractivity contribution in [2.45, 2.75) is 32.9 Å². The first kappa shape index (κ1) is 19.7. The van der Waals surface area contributed by atoms with Gasteiger partial charge in [-0.15, -0.1) is 24.0 Å². The number of β-amino-alcohol motifs (C(OH)–C–C–N with tert-alkyl or cyclic N) is 1. The Morgan fingerprint density at radius 3 is 2.80 bits per heavy atom. The summed E-state index contributed by atoms with van der Waals surface area (Å²) < 4.78 is 5.57. The number of oxazole rings is 1. The Morgan fingerprint density at radius 1 is 1.40 bits per heavy atom. The topological polar surface area (TPSA) is 73.9 Å². The van der Waals surface area contributed by atoms with Crippen LogP contribution in [-0.4, -0.2) is 46.7 Å². The molecule has 6 nitrogen and oxygen atoms in total. The van der Waals surface area contributed by atoms with Crippen molar-refractivity contribution in [3.8, 4) is 11.5 Å². The lowest BCUT2D eigenvalue weighted by atomic mass is 10.1. The van der Waals surface area contributed by atoms with Crippen molar-refractivity contribution in [2.75, 3.05) is 19.6 Å². The van der Waals surface area contributed by atoms with Gasteiger partial charge in [-0.2, -0.15) is 0 Å². The highest BCUT2D eigenvalue weighted by Gasteiger charge is 2.22. The normalized spacial score (nSPS) is 17.5. The van der Waals surface area contributed by atoms with Gasteiger partial charge in [-0.25, -0.2) is 9.98 Å². The molecule has 1 aliphatic rings. The summed E-state index contributed by atoms with van der Waals surface area (Å²) >= 11 is 0. The van der Waals surface area contributed by atoms with Gasteiger partial charge in [0.05, 0.1) is 12.6 Å². The van der Waals surface area contributed by atoms with Crippen LogP contribution in [0, 0.1) is 6.92 Å². The molecule has 25 heavy (non-hydrogen) atoms. The predicted molar refractivity (Wildman–Crippen MR) is 109 cm³/mol. The average molecular weight is 456 g/mol. The molecule has 0 amide bonds. The first-order chi connectivity index (χ1) is 11.7. The number of aromatic nitrogens is 1. The Balaban J connectivity index is 0.00000225. The van der Waals surface area contributed by atoms with Gasteiger partial charge < -0.3 is 19.7 Å². The predicted octanol–water partition coefficient (Wildman–Crippen LogP) is 2.80. The maximum Gasteiger partial charge on any atom is 0.226 e. The summed E-state index contributed by atoms with van der Waals surface area (Å²) in [6.07, 6.45) is 2.17. The molecular formula is C18H25IN4O2. The molecule has 0 saturated carbocycles. The van der Waals surface area contributed by atoms with Crippen molar-refractivity contribution in [2.24, 2.45) is 4.99 Å². The van der Waals surface area contributed by atoms with E-state index in [0.29, 0.717) is 19.0 Å². The average Bonchev–Trinajstić information content (AvgIpc) is 3.21. The number of rotatable bonds is 4.